The van der Waals surface area contributed by atoms with Gasteiger partial charge in [-0.1, -0.05) is 37.5 Å². The largest absolute Gasteiger partial charge is 0.452 e. The van der Waals surface area contributed by atoms with Crippen LogP contribution in [0, 0.1) is 0 Å². The number of amides is 1. The number of esters is 1. The molecule has 1 aliphatic rings. The van der Waals surface area contributed by atoms with Gasteiger partial charge in [0.15, 0.2) is 6.61 Å². The van der Waals surface area contributed by atoms with Crippen molar-refractivity contribution in [3.8, 4) is 0 Å². The minimum absolute atomic E-state index is 0.0812. The summed E-state index contributed by atoms with van der Waals surface area (Å²) in [5.41, 5.74) is 0.989. The Morgan fingerprint density at radius 1 is 0.935 bits per heavy atom. The normalized spacial score (nSPS) is 14.9. The second-order valence-corrected chi connectivity index (χ2v) is 9.93. The Morgan fingerprint density at radius 3 is 2.13 bits per heavy atom. The molecule has 0 bridgehead atoms. The van der Waals surface area contributed by atoms with Crippen LogP contribution in [0.1, 0.15) is 42.5 Å². The predicted molar refractivity (Wildman–Crippen MR) is 118 cm³/mol. The van der Waals surface area contributed by atoms with Gasteiger partial charge in [0.05, 0.1) is 10.5 Å². The first-order valence-corrected chi connectivity index (χ1v) is 11.8. The maximum absolute atomic E-state index is 13.0. The maximum Gasteiger partial charge on any atom is 0.338 e. The number of hydrogen-bond acceptors (Lipinski definition) is 5. The number of hydrogen-bond donors (Lipinski definition) is 0. The lowest BCUT2D eigenvalue weighted by molar-refractivity contribution is -0.122. The van der Waals surface area contributed by atoms with E-state index in [2.05, 4.69) is 0 Å². The summed E-state index contributed by atoms with van der Waals surface area (Å²) in [6, 6.07) is 15.0. The third-order valence-electron chi connectivity index (χ3n) is 5.44. The van der Waals surface area contributed by atoms with E-state index in [0.29, 0.717) is 0 Å². The minimum Gasteiger partial charge on any atom is -0.452 e. The Kier molecular flexibility index (Phi) is 7.46. The molecule has 0 aromatic heterocycles. The van der Waals surface area contributed by atoms with Gasteiger partial charge in [0.25, 0.3) is 5.91 Å². The van der Waals surface area contributed by atoms with E-state index in [1.165, 1.54) is 44.8 Å². The topological polar surface area (TPSA) is 84.0 Å². The third kappa shape index (κ3) is 5.51. The zero-order chi connectivity index (χ0) is 22.4. The number of carbonyl (C=O) groups is 2. The van der Waals surface area contributed by atoms with Crippen molar-refractivity contribution >= 4 is 27.6 Å². The summed E-state index contributed by atoms with van der Waals surface area (Å²) in [7, 11) is -0.702. The van der Waals surface area contributed by atoms with E-state index >= 15 is 0 Å². The molecule has 7 nitrogen and oxygen atoms in total. The van der Waals surface area contributed by atoms with E-state index in [1.54, 1.807) is 4.90 Å². The van der Waals surface area contributed by atoms with Crippen LogP contribution in [-0.4, -0.2) is 51.3 Å². The number of carbonyl (C=O) groups excluding carboxylic acids is 2. The van der Waals surface area contributed by atoms with Crippen LogP contribution in [0.4, 0.5) is 5.69 Å². The summed E-state index contributed by atoms with van der Waals surface area (Å²) in [4.78, 5) is 27.3. The summed E-state index contributed by atoms with van der Waals surface area (Å²) in [5, 5.41) is 0. The molecule has 0 N–H and O–H groups in total. The minimum atomic E-state index is -3.58. The molecule has 0 unspecified atom stereocenters. The van der Waals surface area contributed by atoms with Crippen molar-refractivity contribution < 1.29 is 22.7 Å². The maximum atomic E-state index is 13.0. The van der Waals surface area contributed by atoms with E-state index in [1.807, 2.05) is 30.3 Å². The standard InChI is InChI=1S/C23H28N2O5S/c1-24(2)31(28,29)21-15-13-18(14-16-21)23(27)30-17-22(26)25(19-9-5-3-6-10-19)20-11-7-4-8-12-20/h3,5-6,9-10,13-16,20H,4,7-8,11-12,17H2,1-2H3. The number of ether oxygens (including phenoxy) is 1. The van der Waals surface area contributed by atoms with Crippen molar-refractivity contribution in [1.82, 2.24) is 4.31 Å². The Hall–Kier alpha value is -2.71. The number of nitrogens with zero attached hydrogens (tertiary/aromatic N) is 2. The Balaban J connectivity index is 1.68. The molecule has 3 rings (SSSR count). The monoisotopic (exact) mass is 444 g/mol. The van der Waals surface area contributed by atoms with Crippen molar-refractivity contribution in [3.63, 3.8) is 0 Å². The second-order valence-electron chi connectivity index (χ2n) is 7.78. The molecule has 0 heterocycles. The average molecular weight is 445 g/mol. The number of para-hydroxylation sites is 1. The molecule has 0 aliphatic heterocycles. The van der Waals surface area contributed by atoms with Crippen LogP contribution < -0.4 is 4.90 Å². The highest BCUT2D eigenvalue weighted by Crippen LogP contribution is 2.27. The van der Waals surface area contributed by atoms with E-state index in [4.69, 9.17) is 4.74 Å². The molecule has 2 aromatic carbocycles. The molecule has 0 atom stereocenters. The Labute approximate surface area is 183 Å². The van der Waals surface area contributed by atoms with Crippen LogP contribution in [-0.2, 0) is 19.6 Å². The zero-order valence-electron chi connectivity index (χ0n) is 17.9. The quantitative estimate of drug-likeness (QED) is 0.611. The molecule has 166 valence electrons. The number of anilines is 1. The lowest BCUT2D eigenvalue weighted by Crippen LogP contribution is -2.43. The molecule has 1 fully saturated rings. The first kappa shape index (κ1) is 23.0. The summed E-state index contributed by atoms with van der Waals surface area (Å²) in [5.74, 6) is -0.933. The van der Waals surface area contributed by atoms with E-state index in [-0.39, 0.29) is 29.0 Å². The Bertz CT molecular complexity index is 998. The van der Waals surface area contributed by atoms with Gasteiger partial charge in [-0.2, -0.15) is 0 Å². The van der Waals surface area contributed by atoms with Crippen LogP contribution >= 0.6 is 0 Å². The summed E-state index contributed by atoms with van der Waals surface area (Å²) in [6.45, 7) is -0.373. The molecular weight excluding hydrogens is 416 g/mol. The fourth-order valence-electron chi connectivity index (χ4n) is 3.74. The van der Waals surface area contributed by atoms with Gasteiger partial charge in [0.2, 0.25) is 10.0 Å². The molecule has 31 heavy (non-hydrogen) atoms. The van der Waals surface area contributed by atoms with Gasteiger partial charge in [-0.15, -0.1) is 0 Å². The fraction of sp³-hybridized carbons (Fsp3) is 0.391. The fourth-order valence-corrected chi connectivity index (χ4v) is 4.64. The molecular formula is C23H28N2O5S. The molecule has 1 aliphatic carbocycles. The number of rotatable bonds is 7. The highest BCUT2D eigenvalue weighted by Gasteiger charge is 2.27. The highest BCUT2D eigenvalue weighted by molar-refractivity contribution is 7.89. The molecule has 1 amide bonds. The third-order valence-corrected chi connectivity index (χ3v) is 7.27. The molecule has 8 heteroatoms. The first-order valence-electron chi connectivity index (χ1n) is 10.4. The number of benzene rings is 2. The summed E-state index contributed by atoms with van der Waals surface area (Å²) >= 11 is 0. The zero-order valence-corrected chi connectivity index (χ0v) is 18.7. The molecule has 2 aromatic rings. The Morgan fingerprint density at radius 2 is 1.55 bits per heavy atom. The van der Waals surface area contributed by atoms with Gasteiger partial charge in [0.1, 0.15) is 0 Å². The van der Waals surface area contributed by atoms with Crippen LogP contribution in [0.25, 0.3) is 0 Å². The smallest absolute Gasteiger partial charge is 0.338 e. The van der Waals surface area contributed by atoms with Crippen molar-refractivity contribution in [3.05, 3.63) is 60.2 Å². The molecule has 0 spiro atoms. The van der Waals surface area contributed by atoms with Crippen LogP contribution in [0.5, 0.6) is 0 Å². The first-order chi connectivity index (χ1) is 14.8. The van der Waals surface area contributed by atoms with E-state index in [0.717, 1.165) is 35.7 Å². The van der Waals surface area contributed by atoms with Gasteiger partial charge < -0.3 is 9.64 Å². The van der Waals surface area contributed by atoms with Crippen molar-refractivity contribution in [2.75, 3.05) is 25.6 Å². The van der Waals surface area contributed by atoms with Crippen LogP contribution in [0.15, 0.2) is 59.5 Å². The summed E-state index contributed by atoms with van der Waals surface area (Å²) < 4.78 is 30.7. The second kappa shape index (κ2) is 10.1. The molecule has 0 saturated heterocycles. The molecule has 1 saturated carbocycles. The van der Waals surface area contributed by atoms with Crippen molar-refractivity contribution in [2.24, 2.45) is 0 Å². The van der Waals surface area contributed by atoms with Gasteiger partial charge in [-0.3, -0.25) is 4.79 Å². The van der Waals surface area contributed by atoms with Gasteiger partial charge in [-0.05, 0) is 49.2 Å². The van der Waals surface area contributed by atoms with E-state index in [9.17, 15) is 18.0 Å². The molecule has 0 radical (unpaired) electrons. The van der Waals surface area contributed by atoms with Crippen molar-refractivity contribution in [1.29, 1.82) is 0 Å². The van der Waals surface area contributed by atoms with E-state index < -0.39 is 16.0 Å². The highest BCUT2D eigenvalue weighted by atomic mass is 32.2. The van der Waals surface area contributed by atoms with Crippen LogP contribution in [0.3, 0.4) is 0 Å². The lowest BCUT2D eigenvalue weighted by atomic mass is 9.93. The summed E-state index contributed by atoms with van der Waals surface area (Å²) in [6.07, 6.45) is 5.17. The predicted octanol–water partition coefficient (Wildman–Crippen LogP) is 3.46. The van der Waals surface area contributed by atoms with Crippen molar-refractivity contribution in [2.45, 2.75) is 43.0 Å². The average Bonchev–Trinajstić information content (AvgIpc) is 2.79. The number of sulfonamides is 1. The lowest BCUT2D eigenvalue weighted by Gasteiger charge is -2.34. The van der Waals surface area contributed by atoms with Gasteiger partial charge in [0, 0.05) is 25.8 Å². The van der Waals surface area contributed by atoms with Gasteiger partial charge in [-0.25, -0.2) is 17.5 Å². The van der Waals surface area contributed by atoms with Gasteiger partial charge >= 0.3 is 5.97 Å². The SMILES string of the molecule is CN(C)S(=O)(=O)c1ccc(C(=O)OCC(=O)N(c2ccccc2)C2CCCCC2)cc1. The van der Waals surface area contributed by atoms with Crippen LogP contribution in [0.2, 0.25) is 0 Å².